The SMILES string of the molecule is COc1cc(C)c(C(=O)Nc2ccc(Br)cc2)cc1C(C)C. The number of ether oxygens (including phenoxy) is 1. The van der Waals surface area contributed by atoms with Crippen molar-refractivity contribution in [1.29, 1.82) is 0 Å². The minimum absolute atomic E-state index is 0.107. The highest BCUT2D eigenvalue weighted by molar-refractivity contribution is 9.10. The number of hydrogen-bond donors (Lipinski definition) is 1. The average Bonchev–Trinajstić information content (AvgIpc) is 2.48. The van der Waals surface area contributed by atoms with Gasteiger partial charge in [0.05, 0.1) is 7.11 Å². The van der Waals surface area contributed by atoms with E-state index in [4.69, 9.17) is 4.74 Å². The third kappa shape index (κ3) is 3.69. The largest absolute Gasteiger partial charge is 0.496 e. The molecule has 0 atom stereocenters. The Kier molecular flexibility index (Phi) is 5.24. The van der Waals surface area contributed by atoms with Crippen LogP contribution in [0.1, 0.15) is 41.3 Å². The highest BCUT2D eigenvalue weighted by Crippen LogP contribution is 2.30. The van der Waals surface area contributed by atoms with Crippen molar-refractivity contribution in [2.24, 2.45) is 0 Å². The maximum atomic E-state index is 12.5. The number of methoxy groups -OCH3 is 1. The first-order valence-electron chi connectivity index (χ1n) is 7.17. The molecule has 1 N–H and O–H groups in total. The zero-order chi connectivity index (χ0) is 16.3. The van der Waals surface area contributed by atoms with Crippen LogP contribution in [0.4, 0.5) is 5.69 Å². The number of amides is 1. The summed E-state index contributed by atoms with van der Waals surface area (Å²) in [5.41, 5.74) is 3.38. The molecule has 0 saturated carbocycles. The minimum Gasteiger partial charge on any atom is -0.496 e. The second-order valence-electron chi connectivity index (χ2n) is 5.52. The van der Waals surface area contributed by atoms with E-state index in [0.717, 1.165) is 27.0 Å². The topological polar surface area (TPSA) is 38.3 Å². The lowest BCUT2D eigenvalue weighted by Crippen LogP contribution is -2.14. The maximum absolute atomic E-state index is 12.5. The zero-order valence-corrected chi connectivity index (χ0v) is 14.8. The molecule has 0 aromatic heterocycles. The monoisotopic (exact) mass is 361 g/mol. The van der Waals surface area contributed by atoms with Crippen LogP contribution in [0.2, 0.25) is 0 Å². The van der Waals surface area contributed by atoms with Crippen molar-refractivity contribution in [2.75, 3.05) is 12.4 Å². The highest BCUT2D eigenvalue weighted by atomic mass is 79.9. The van der Waals surface area contributed by atoms with Crippen molar-refractivity contribution in [1.82, 2.24) is 0 Å². The van der Waals surface area contributed by atoms with Gasteiger partial charge >= 0.3 is 0 Å². The lowest BCUT2D eigenvalue weighted by molar-refractivity contribution is 0.102. The van der Waals surface area contributed by atoms with Crippen molar-refractivity contribution < 1.29 is 9.53 Å². The van der Waals surface area contributed by atoms with Crippen LogP contribution in [0.3, 0.4) is 0 Å². The van der Waals surface area contributed by atoms with Gasteiger partial charge in [-0.05, 0) is 60.4 Å². The van der Waals surface area contributed by atoms with E-state index in [0.29, 0.717) is 5.56 Å². The predicted octanol–water partition coefficient (Wildman–Crippen LogP) is 5.14. The molecule has 2 rings (SSSR count). The number of benzene rings is 2. The van der Waals surface area contributed by atoms with Gasteiger partial charge in [-0.2, -0.15) is 0 Å². The fourth-order valence-electron chi connectivity index (χ4n) is 2.30. The first kappa shape index (κ1) is 16.6. The molecular formula is C18H20BrNO2. The fraction of sp³-hybridized carbons (Fsp3) is 0.278. The molecule has 0 aliphatic carbocycles. The lowest BCUT2D eigenvalue weighted by Gasteiger charge is -2.16. The summed E-state index contributed by atoms with van der Waals surface area (Å²) in [5, 5.41) is 2.93. The highest BCUT2D eigenvalue weighted by Gasteiger charge is 2.16. The van der Waals surface area contributed by atoms with Gasteiger partial charge in [-0.25, -0.2) is 0 Å². The van der Waals surface area contributed by atoms with E-state index in [-0.39, 0.29) is 11.8 Å². The van der Waals surface area contributed by atoms with Crippen LogP contribution in [0, 0.1) is 6.92 Å². The Morgan fingerprint density at radius 3 is 2.36 bits per heavy atom. The molecule has 3 nitrogen and oxygen atoms in total. The molecule has 0 radical (unpaired) electrons. The molecule has 0 fully saturated rings. The number of nitrogens with one attached hydrogen (secondary N) is 1. The molecule has 0 heterocycles. The van der Waals surface area contributed by atoms with E-state index in [1.54, 1.807) is 7.11 Å². The van der Waals surface area contributed by atoms with Gasteiger partial charge in [0.15, 0.2) is 0 Å². The summed E-state index contributed by atoms with van der Waals surface area (Å²) in [7, 11) is 1.65. The molecule has 2 aromatic rings. The van der Waals surface area contributed by atoms with E-state index < -0.39 is 0 Å². The summed E-state index contributed by atoms with van der Waals surface area (Å²) in [5.74, 6) is 1.01. The van der Waals surface area contributed by atoms with Gasteiger partial charge in [-0.15, -0.1) is 0 Å². The van der Waals surface area contributed by atoms with Crippen LogP contribution in [0.25, 0.3) is 0 Å². The van der Waals surface area contributed by atoms with E-state index in [2.05, 4.69) is 35.1 Å². The Hall–Kier alpha value is -1.81. The molecule has 22 heavy (non-hydrogen) atoms. The standard InChI is InChI=1S/C18H20BrNO2/c1-11(2)15-10-16(12(3)9-17(15)22-4)18(21)20-14-7-5-13(19)6-8-14/h5-11H,1-4H3,(H,20,21). The molecule has 0 saturated heterocycles. The molecule has 0 unspecified atom stereocenters. The van der Waals surface area contributed by atoms with E-state index in [9.17, 15) is 4.79 Å². The van der Waals surface area contributed by atoms with Gasteiger partial charge in [0.25, 0.3) is 5.91 Å². The number of aryl methyl sites for hydroxylation is 1. The molecule has 4 heteroatoms. The van der Waals surface area contributed by atoms with Crippen LogP contribution >= 0.6 is 15.9 Å². The number of halogens is 1. The Balaban J connectivity index is 2.32. The number of carbonyl (C=O) groups is 1. The number of rotatable bonds is 4. The van der Waals surface area contributed by atoms with Crippen molar-refractivity contribution in [3.05, 3.63) is 57.6 Å². The summed E-state index contributed by atoms with van der Waals surface area (Å²) >= 11 is 3.38. The quantitative estimate of drug-likeness (QED) is 0.818. The van der Waals surface area contributed by atoms with Crippen LogP contribution in [-0.2, 0) is 0 Å². The van der Waals surface area contributed by atoms with Crippen LogP contribution in [-0.4, -0.2) is 13.0 Å². The Morgan fingerprint density at radius 1 is 1.18 bits per heavy atom. The zero-order valence-electron chi connectivity index (χ0n) is 13.2. The Morgan fingerprint density at radius 2 is 1.82 bits per heavy atom. The maximum Gasteiger partial charge on any atom is 0.255 e. The average molecular weight is 362 g/mol. The van der Waals surface area contributed by atoms with Gasteiger partial charge in [0.1, 0.15) is 5.75 Å². The summed E-state index contributed by atoms with van der Waals surface area (Å²) in [6.07, 6.45) is 0. The van der Waals surface area contributed by atoms with Gasteiger partial charge < -0.3 is 10.1 Å². The molecule has 0 bridgehead atoms. The van der Waals surface area contributed by atoms with Crippen molar-refractivity contribution in [3.8, 4) is 5.75 Å². The Labute approximate surface area is 139 Å². The smallest absolute Gasteiger partial charge is 0.255 e. The van der Waals surface area contributed by atoms with Gasteiger partial charge in [0, 0.05) is 15.7 Å². The Bertz CT molecular complexity index is 678. The lowest BCUT2D eigenvalue weighted by atomic mass is 9.96. The molecular weight excluding hydrogens is 342 g/mol. The molecule has 0 aliphatic rings. The van der Waals surface area contributed by atoms with Crippen molar-refractivity contribution in [3.63, 3.8) is 0 Å². The molecule has 2 aromatic carbocycles. The number of anilines is 1. The minimum atomic E-state index is -0.107. The van der Waals surface area contributed by atoms with Crippen LogP contribution in [0.5, 0.6) is 5.75 Å². The molecule has 0 spiro atoms. The van der Waals surface area contributed by atoms with Gasteiger partial charge in [-0.1, -0.05) is 29.8 Å². The summed E-state index contributed by atoms with van der Waals surface area (Å²) in [4.78, 5) is 12.5. The fourth-order valence-corrected chi connectivity index (χ4v) is 2.57. The molecule has 116 valence electrons. The second kappa shape index (κ2) is 6.97. The molecule has 0 aliphatic heterocycles. The first-order valence-corrected chi connectivity index (χ1v) is 7.97. The third-order valence-corrected chi connectivity index (χ3v) is 4.07. The van der Waals surface area contributed by atoms with Gasteiger partial charge in [-0.3, -0.25) is 4.79 Å². The third-order valence-electron chi connectivity index (χ3n) is 3.55. The van der Waals surface area contributed by atoms with Crippen molar-refractivity contribution in [2.45, 2.75) is 26.7 Å². The van der Waals surface area contributed by atoms with E-state index in [1.807, 2.05) is 43.3 Å². The van der Waals surface area contributed by atoms with Crippen LogP contribution in [0.15, 0.2) is 40.9 Å². The molecule has 1 amide bonds. The van der Waals surface area contributed by atoms with E-state index >= 15 is 0 Å². The van der Waals surface area contributed by atoms with Gasteiger partial charge in [0.2, 0.25) is 0 Å². The predicted molar refractivity (Wildman–Crippen MR) is 93.9 cm³/mol. The number of hydrogen-bond acceptors (Lipinski definition) is 2. The summed E-state index contributed by atoms with van der Waals surface area (Å²) < 4.78 is 6.40. The second-order valence-corrected chi connectivity index (χ2v) is 6.44. The first-order chi connectivity index (χ1) is 10.4. The van der Waals surface area contributed by atoms with Crippen molar-refractivity contribution >= 4 is 27.5 Å². The summed E-state index contributed by atoms with van der Waals surface area (Å²) in [6.45, 7) is 6.09. The number of carbonyl (C=O) groups excluding carboxylic acids is 1. The van der Waals surface area contributed by atoms with Crippen LogP contribution < -0.4 is 10.1 Å². The normalized spacial score (nSPS) is 10.6. The summed E-state index contributed by atoms with van der Waals surface area (Å²) in [6, 6.07) is 11.4. The van der Waals surface area contributed by atoms with E-state index in [1.165, 1.54) is 0 Å².